The number of halogens is 3. The first-order valence-corrected chi connectivity index (χ1v) is 8.10. The highest BCUT2D eigenvalue weighted by atomic mass is 79.9. The van der Waals surface area contributed by atoms with Crippen molar-refractivity contribution in [3.8, 4) is 0 Å². The van der Waals surface area contributed by atoms with Gasteiger partial charge in [0.15, 0.2) is 0 Å². The van der Waals surface area contributed by atoms with Crippen LogP contribution in [0.4, 0.5) is 4.39 Å². The second kappa shape index (κ2) is 6.63. The zero-order valence-electron chi connectivity index (χ0n) is 12.4. The Labute approximate surface area is 137 Å². The molecule has 0 bridgehead atoms. The zero-order valence-corrected chi connectivity index (χ0v) is 14.8. The van der Waals surface area contributed by atoms with Crippen molar-refractivity contribution in [3.05, 3.63) is 28.2 Å². The van der Waals surface area contributed by atoms with Crippen LogP contribution in [0.15, 0.2) is 16.6 Å². The van der Waals surface area contributed by atoms with Crippen molar-refractivity contribution in [1.29, 1.82) is 0 Å². The Morgan fingerprint density at radius 3 is 2.76 bits per heavy atom. The predicted molar refractivity (Wildman–Crippen MR) is 87.2 cm³/mol. The van der Waals surface area contributed by atoms with E-state index < -0.39 is 0 Å². The van der Waals surface area contributed by atoms with E-state index in [-0.39, 0.29) is 11.2 Å². The fourth-order valence-electron chi connectivity index (χ4n) is 2.33. The number of methoxy groups -OCH3 is 1. The van der Waals surface area contributed by atoms with Gasteiger partial charge in [-0.15, -0.1) is 11.6 Å². The Kier molecular flexibility index (Phi) is 5.28. The molecule has 6 heteroatoms. The number of nitrogens with zero attached hydrogens (tertiary/aromatic N) is 2. The molecule has 0 spiro atoms. The normalized spacial score (nSPS) is 12.3. The van der Waals surface area contributed by atoms with Crippen LogP contribution in [0.1, 0.15) is 26.1 Å². The minimum absolute atomic E-state index is 0.0330. The van der Waals surface area contributed by atoms with Crippen LogP contribution in [-0.2, 0) is 17.2 Å². The van der Waals surface area contributed by atoms with Crippen molar-refractivity contribution < 1.29 is 9.13 Å². The summed E-state index contributed by atoms with van der Waals surface area (Å²) in [5, 5.41) is 0. The first kappa shape index (κ1) is 16.7. The number of rotatable bonds is 6. The van der Waals surface area contributed by atoms with Crippen molar-refractivity contribution in [1.82, 2.24) is 9.55 Å². The highest BCUT2D eigenvalue weighted by Crippen LogP contribution is 2.29. The van der Waals surface area contributed by atoms with Gasteiger partial charge in [-0.3, -0.25) is 0 Å². The molecule has 1 aromatic heterocycles. The van der Waals surface area contributed by atoms with E-state index in [4.69, 9.17) is 16.3 Å². The van der Waals surface area contributed by atoms with E-state index in [2.05, 4.69) is 39.3 Å². The summed E-state index contributed by atoms with van der Waals surface area (Å²) in [6, 6.07) is 3.20. The summed E-state index contributed by atoms with van der Waals surface area (Å²) in [6.45, 7) is 5.81. The third-order valence-electron chi connectivity index (χ3n) is 3.56. The lowest BCUT2D eigenvalue weighted by Gasteiger charge is -2.26. The molecule has 0 amide bonds. The van der Waals surface area contributed by atoms with Crippen molar-refractivity contribution in [2.24, 2.45) is 5.41 Å². The lowest BCUT2D eigenvalue weighted by atomic mass is 9.89. The van der Waals surface area contributed by atoms with Crippen LogP contribution in [-0.4, -0.2) is 23.3 Å². The number of hydrogen-bond acceptors (Lipinski definition) is 2. The Morgan fingerprint density at radius 2 is 2.14 bits per heavy atom. The average molecular weight is 378 g/mol. The maximum Gasteiger partial charge on any atom is 0.139 e. The van der Waals surface area contributed by atoms with E-state index in [0.717, 1.165) is 24.3 Å². The van der Waals surface area contributed by atoms with Crippen LogP contribution in [0.2, 0.25) is 0 Å². The summed E-state index contributed by atoms with van der Waals surface area (Å²) >= 11 is 9.24. The van der Waals surface area contributed by atoms with Crippen LogP contribution in [0.5, 0.6) is 0 Å². The van der Waals surface area contributed by atoms with Crippen LogP contribution in [0.3, 0.4) is 0 Å². The summed E-state index contributed by atoms with van der Waals surface area (Å²) in [4.78, 5) is 4.44. The molecule has 2 rings (SSSR count). The fourth-order valence-corrected chi connectivity index (χ4v) is 2.87. The standard InChI is InChI=1S/C15H19BrClFN2O/c1-15(2,4-5-21-3)9-20-13-6-10(16)11(18)7-12(13)19-14(20)8-17/h6-7H,4-5,8-9H2,1-3H3. The van der Waals surface area contributed by atoms with Crippen LogP contribution < -0.4 is 0 Å². The first-order chi connectivity index (χ1) is 9.88. The number of fused-ring (bicyclic) bond motifs is 1. The molecule has 0 unspecified atom stereocenters. The maximum absolute atomic E-state index is 13.7. The summed E-state index contributed by atoms with van der Waals surface area (Å²) in [7, 11) is 1.70. The highest BCUT2D eigenvalue weighted by Gasteiger charge is 2.22. The molecule has 0 saturated heterocycles. The monoisotopic (exact) mass is 376 g/mol. The molecule has 3 nitrogen and oxygen atoms in total. The zero-order chi connectivity index (χ0) is 15.6. The molecule has 0 atom stereocenters. The Hall–Kier alpha value is -0.650. The summed E-state index contributed by atoms with van der Waals surface area (Å²) < 4.78 is 21.3. The Morgan fingerprint density at radius 1 is 1.43 bits per heavy atom. The van der Waals surface area contributed by atoms with Crippen molar-refractivity contribution in [2.45, 2.75) is 32.7 Å². The number of ether oxygens (including phenoxy) is 1. The van der Waals surface area contributed by atoms with Crippen LogP contribution in [0.25, 0.3) is 11.0 Å². The van der Waals surface area contributed by atoms with Crippen LogP contribution >= 0.6 is 27.5 Å². The van der Waals surface area contributed by atoms with E-state index in [1.54, 1.807) is 13.2 Å². The van der Waals surface area contributed by atoms with E-state index >= 15 is 0 Å². The number of aromatic nitrogens is 2. The molecular formula is C15H19BrClFN2O. The molecule has 0 aliphatic rings. The van der Waals surface area contributed by atoms with Crippen molar-refractivity contribution >= 4 is 38.6 Å². The van der Waals surface area contributed by atoms with Gasteiger partial charge in [0.25, 0.3) is 0 Å². The van der Waals surface area contributed by atoms with Gasteiger partial charge >= 0.3 is 0 Å². The third kappa shape index (κ3) is 3.76. The Balaban J connectivity index is 2.44. The first-order valence-electron chi connectivity index (χ1n) is 6.77. The smallest absolute Gasteiger partial charge is 0.139 e. The quantitative estimate of drug-likeness (QED) is 0.680. The SMILES string of the molecule is COCCC(C)(C)Cn1c(CCl)nc2cc(F)c(Br)cc21. The van der Waals surface area contributed by atoms with Gasteiger partial charge in [-0.05, 0) is 33.8 Å². The van der Waals surface area contributed by atoms with Crippen LogP contribution in [0, 0.1) is 11.2 Å². The second-order valence-corrected chi connectivity index (χ2v) is 7.03. The van der Waals surface area contributed by atoms with Gasteiger partial charge < -0.3 is 9.30 Å². The van der Waals surface area contributed by atoms with Gasteiger partial charge in [-0.25, -0.2) is 9.37 Å². The maximum atomic E-state index is 13.7. The molecule has 116 valence electrons. The number of imidazole rings is 1. The molecule has 21 heavy (non-hydrogen) atoms. The molecule has 0 aliphatic carbocycles. The number of hydrogen-bond donors (Lipinski definition) is 0. The van der Waals surface area contributed by atoms with Gasteiger partial charge in [0.1, 0.15) is 11.6 Å². The topological polar surface area (TPSA) is 27.1 Å². The highest BCUT2D eigenvalue weighted by molar-refractivity contribution is 9.10. The van der Waals surface area contributed by atoms with E-state index in [9.17, 15) is 4.39 Å². The van der Waals surface area contributed by atoms with Gasteiger partial charge in [0.05, 0.1) is 21.4 Å². The molecular weight excluding hydrogens is 359 g/mol. The molecule has 0 N–H and O–H groups in total. The minimum Gasteiger partial charge on any atom is -0.385 e. The average Bonchev–Trinajstić information content (AvgIpc) is 2.74. The lowest BCUT2D eigenvalue weighted by Crippen LogP contribution is -2.22. The van der Waals surface area contributed by atoms with E-state index in [0.29, 0.717) is 22.5 Å². The fraction of sp³-hybridized carbons (Fsp3) is 0.533. The molecule has 1 heterocycles. The van der Waals surface area contributed by atoms with Gasteiger partial charge in [-0.2, -0.15) is 0 Å². The summed E-state index contributed by atoms with van der Waals surface area (Å²) in [5.74, 6) is 0.746. The van der Waals surface area contributed by atoms with Crippen molar-refractivity contribution in [2.75, 3.05) is 13.7 Å². The molecule has 0 aliphatic heterocycles. The summed E-state index contributed by atoms with van der Waals surface area (Å²) in [5.41, 5.74) is 1.56. The number of alkyl halides is 1. The molecule has 0 saturated carbocycles. The Bertz CT molecular complexity index is 642. The second-order valence-electron chi connectivity index (χ2n) is 5.91. The van der Waals surface area contributed by atoms with Gasteiger partial charge in [-0.1, -0.05) is 13.8 Å². The van der Waals surface area contributed by atoms with Gasteiger partial charge in [0, 0.05) is 26.3 Å². The van der Waals surface area contributed by atoms with E-state index in [1.165, 1.54) is 6.07 Å². The largest absolute Gasteiger partial charge is 0.385 e. The molecule has 0 radical (unpaired) electrons. The number of benzene rings is 1. The molecule has 1 aromatic carbocycles. The van der Waals surface area contributed by atoms with E-state index in [1.807, 2.05) is 0 Å². The summed E-state index contributed by atoms with van der Waals surface area (Å²) in [6.07, 6.45) is 0.924. The minimum atomic E-state index is -0.313. The predicted octanol–water partition coefficient (Wildman–Crippen LogP) is 4.74. The lowest BCUT2D eigenvalue weighted by molar-refractivity contribution is 0.143. The van der Waals surface area contributed by atoms with Gasteiger partial charge in [0.2, 0.25) is 0 Å². The molecule has 2 aromatic rings. The third-order valence-corrected chi connectivity index (χ3v) is 4.40. The van der Waals surface area contributed by atoms with Crippen molar-refractivity contribution in [3.63, 3.8) is 0 Å². The molecule has 0 fully saturated rings.